The Labute approximate surface area is 116 Å². The van der Waals surface area contributed by atoms with Gasteiger partial charge in [-0.05, 0) is 25.7 Å². The second kappa shape index (κ2) is 6.73. The van der Waals surface area contributed by atoms with Crippen LogP contribution in [-0.2, 0) is 14.6 Å². The molecule has 1 aliphatic carbocycles. The number of rotatable bonds is 4. The van der Waals surface area contributed by atoms with Crippen LogP contribution in [-0.4, -0.2) is 43.3 Å². The van der Waals surface area contributed by atoms with Crippen LogP contribution in [0, 0.1) is 0 Å². The fraction of sp³-hybridized carbons (Fsp3) is 0.929. The fourth-order valence-corrected chi connectivity index (χ4v) is 4.97. The highest BCUT2D eigenvalue weighted by atomic mass is 32.2. The minimum atomic E-state index is -3.05. The first-order valence-corrected chi connectivity index (χ1v) is 9.30. The number of nitrogens with zero attached hydrogens (tertiary/aromatic N) is 1. The van der Waals surface area contributed by atoms with E-state index in [1.807, 2.05) is 4.90 Å². The molecular weight excluding hydrogens is 262 g/mol. The lowest BCUT2D eigenvalue weighted by Gasteiger charge is -2.20. The van der Waals surface area contributed by atoms with Crippen LogP contribution in [0.2, 0.25) is 0 Å². The van der Waals surface area contributed by atoms with Crippen LogP contribution < -0.4 is 0 Å². The smallest absolute Gasteiger partial charge is 0.223 e. The molecule has 0 atom stereocenters. The molecule has 0 aromatic carbocycles. The Hall–Kier alpha value is -0.580. The summed E-state index contributed by atoms with van der Waals surface area (Å²) in [6, 6.07) is 0. The highest BCUT2D eigenvalue weighted by Gasteiger charge is 2.29. The Bertz CT molecular complexity index is 391. The van der Waals surface area contributed by atoms with Crippen molar-refractivity contribution >= 4 is 15.7 Å². The van der Waals surface area contributed by atoms with Crippen LogP contribution in [0.3, 0.4) is 0 Å². The number of sulfone groups is 1. The van der Waals surface area contributed by atoms with Gasteiger partial charge in [-0.2, -0.15) is 0 Å². The molecule has 1 saturated heterocycles. The average molecular weight is 287 g/mol. The summed E-state index contributed by atoms with van der Waals surface area (Å²) in [6.07, 6.45) is 8.28. The standard InChI is InChI=1S/C14H25NO3S/c16-14(15-10-5-1-2-6-11-15)9-12-19(17,18)13-7-3-4-8-13/h13H,1-12H2. The van der Waals surface area contributed by atoms with Crippen molar-refractivity contribution in [3.8, 4) is 0 Å². The van der Waals surface area contributed by atoms with Gasteiger partial charge in [0, 0.05) is 19.5 Å². The van der Waals surface area contributed by atoms with E-state index >= 15 is 0 Å². The van der Waals surface area contributed by atoms with Crippen molar-refractivity contribution in [1.82, 2.24) is 4.90 Å². The molecule has 0 bridgehead atoms. The molecular formula is C14H25NO3S. The predicted octanol–water partition coefficient (Wildman–Crippen LogP) is 2.14. The van der Waals surface area contributed by atoms with Gasteiger partial charge in [-0.3, -0.25) is 4.79 Å². The SMILES string of the molecule is O=C(CCS(=O)(=O)C1CCCC1)N1CCCCCC1. The van der Waals surface area contributed by atoms with E-state index in [1.165, 1.54) is 12.8 Å². The van der Waals surface area contributed by atoms with E-state index < -0.39 is 9.84 Å². The van der Waals surface area contributed by atoms with Gasteiger partial charge in [-0.1, -0.05) is 25.7 Å². The Morgan fingerprint density at radius 2 is 1.53 bits per heavy atom. The van der Waals surface area contributed by atoms with Crippen LogP contribution in [0.15, 0.2) is 0 Å². The maximum Gasteiger partial charge on any atom is 0.223 e. The number of hydrogen-bond acceptors (Lipinski definition) is 3. The molecule has 2 fully saturated rings. The van der Waals surface area contributed by atoms with E-state index in [9.17, 15) is 13.2 Å². The summed E-state index contributed by atoms with van der Waals surface area (Å²) in [7, 11) is -3.05. The van der Waals surface area contributed by atoms with Crippen LogP contribution in [0.5, 0.6) is 0 Å². The molecule has 1 aliphatic heterocycles. The van der Waals surface area contributed by atoms with Gasteiger partial charge in [0.1, 0.15) is 0 Å². The molecule has 1 saturated carbocycles. The average Bonchev–Trinajstić information content (AvgIpc) is 2.80. The van der Waals surface area contributed by atoms with E-state index in [0.717, 1.165) is 51.6 Å². The Kier molecular flexibility index (Phi) is 5.25. The molecule has 2 aliphatic rings. The van der Waals surface area contributed by atoms with E-state index in [4.69, 9.17) is 0 Å². The van der Waals surface area contributed by atoms with Crippen molar-refractivity contribution in [1.29, 1.82) is 0 Å². The van der Waals surface area contributed by atoms with Gasteiger partial charge in [-0.25, -0.2) is 8.42 Å². The molecule has 0 N–H and O–H groups in total. The van der Waals surface area contributed by atoms with E-state index in [1.54, 1.807) is 0 Å². The molecule has 0 aromatic rings. The zero-order chi connectivity index (χ0) is 13.7. The highest BCUT2D eigenvalue weighted by Crippen LogP contribution is 2.25. The number of carbonyl (C=O) groups excluding carboxylic acids is 1. The summed E-state index contributed by atoms with van der Waals surface area (Å²) in [6.45, 7) is 1.62. The monoisotopic (exact) mass is 287 g/mol. The van der Waals surface area contributed by atoms with Gasteiger partial charge >= 0.3 is 0 Å². The predicted molar refractivity (Wildman–Crippen MR) is 75.7 cm³/mol. The quantitative estimate of drug-likeness (QED) is 0.796. The lowest BCUT2D eigenvalue weighted by atomic mass is 10.2. The van der Waals surface area contributed by atoms with Crippen molar-refractivity contribution in [2.75, 3.05) is 18.8 Å². The molecule has 1 heterocycles. The van der Waals surface area contributed by atoms with Gasteiger partial charge in [0.15, 0.2) is 9.84 Å². The third-order valence-corrected chi connectivity index (χ3v) is 6.63. The van der Waals surface area contributed by atoms with Gasteiger partial charge in [0.05, 0.1) is 11.0 Å². The lowest BCUT2D eigenvalue weighted by Crippen LogP contribution is -2.34. The second-order valence-corrected chi connectivity index (χ2v) is 8.22. The van der Waals surface area contributed by atoms with E-state index in [-0.39, 0.29) is 23.3 Å². The van der Waals surface area contributed by atoms with Crippen LogP contribution in [0.25, 0.3) is 0 Å². The van der Waals surface area contributed by atoms with Crippen molar-refractivity contribution in [3.63, 3.8) is 0 Å². The van der Waals surface area contributed by atoms with Crippen molar-refractivity contribution in [2.24, 2.45) is 0 Å². The first-order valence-electron chi connectivity index (χ1n) is 7.59. The first kappa shape index (κ1) is 14.8. The summed E-state index contributed by atoms with van der Waals surface area (Å²) < 4.78 is 24.2. The highest BCUT2D eigenvalue weighted by molar-refractivity contribution is 7.92. The van der Waals surface area contributed by atoms with Crippen molar-refractivity contribution in [3.05, 3.63) is 0 Å². The molecule has 4 nitrogen and oxygen atoms in total. The van der Waals surface area contributed by atoms with Crippen LogP contribution in [0.4, 0.5) is 0 Å². The van der Waals surface area contributed by atoms with Crippen LogP contribution >= 0.6 is 0 Å². The summed E-state index contributed by atoms with van der Waals surface area (Å²) in [5.41, 5.74) is 0. The largest absolute Gasteiger partial charge is 0.343 e. The number of hydrogen-bond donors (Lipinski definition) is 0. The maximum atomic E-state index is 12.1. The van der Waals surface area contributed by atoms with E-state index in [2.05, 4.69) is 0 Å². The summed E-state index contributed by atoms with van der Waals surface area (Å²) >= 11 is 0. The molecule has 0 unspecified atom stereocenters. The normalized spacial score (nSPS) is 22.4. The number of likely N-dealkylation sites (tertiary alicyclic amines) is 1. The number of carbonyl (C=O) groups is 1. The van der Waals surface area contributed by atoms with Gasteiger partial charge in [0.2, 0.25) is 5.91 Å². The zero-order valence-electron chi connectivity index (χ0n) is 11.6. The molecule has 110 valence electrons. The Morgan fingerprint density at radius 3 is 2.11 bits per heavy atom. The Balaban J connectivity index is 1.81. The first-order chi connectivity index (χ1) is 9.09. The molecule has 2 rings (SSSR count). The summed E-state index contributed by atoms with van der Waals surface area (Å²) in [5, 5.41) is -0.176. The molecule has 19 heavy (non-hydrogen) atoms. The van der Waals surface area contributed by atoms with Crippen LogP contribution in [0.1, 0.15) is 57.8 Å². The second-order valence-electron chi connectivity index (χ2n) is 5.82. The molecule has 0 aromatic heterocycles. The number of amides is 1. The summed E-state index contributed by atoms with van der Waals surface area (Å²) in [5.74, 6) is 0.0796. The van der Waals surface area contributed by atoms with Gasteiger partial charge in [0.25, 0.3) is 0 Å². The lowest BCUT2D eigenvalue weighted by molar-refractivity contribution is -0.130. The minimum absolute atomic E-state index is 0.0310. The zero-order valence-corrected chi connectivity index (χ0v) is 12.5. The third-order valence-electron chi connectivity index (χ3n) is 4.37. The molecule has 1 amide bonds. The molecule has 5 heteroatoms. The molecule has 0 radical (unpaired) electrons. The van der Waals surface area contributed by atoms with Gasteiger partial charge < -0.3 is 4.90 Å². The third kappa shape index (κ3) is 4.20. The van der Waals surface area contributed by atoms with E-state index in [0.29, 0.717) is 0 Å². The molecule has 0 spiro atoms. The topological polar surface area (TPSA) is 54.5 Å². The van der Waals surface area contributed by atoms with Gasteiger partial charge in [-0.15, -0.1) is 0 Å². The Morgan fingerprint density at radius 1 is 0.947 bits per heavy atom. The summed E-state index contributed by atoms with van der Waals surface area (Å²) in [4.78, 5) is 13.9. The fourth-order valence-electron chi connectivity index (χ4n) is 3.12. The maximum absolute atomic E-state index is 12.1. The van der Waals surface area contributed by atoms with Crippen molar-refractivity contribution in [2.45, 2.75) is 63.0 Å². The van der Waals surface area contributed by atoms with Crippen molar-refractivity contribution < 1.29 is 13.2 Å². The minimum Gasteiger partial charge on any atom is -0.343 e.